The summed E-state index contributed by atoms with van der Waals surface area (Å²) >= 11 is 0. The fourth-order valence-corrected chi connectivity index (χ4v) is 4.94. The molecule has 2 aromatic heterocycles. The maximum atomic E-state index is 11.8. The second-order valence-electron chi connectivity index (χ2n) is 7.30. The molecular formula is C19H25N3O4S. The van der Waals surface area contributed by atoms with Crippen LogP contribution < -0.4 is 9.64 Å². The van der Waals surface area contributed by atoms with Gasteiger partial charge >= 0.3 is 0 Å². The highest BCUT2D eigenvalue weighted by Gasteiger charge is 2.29. The third-order valence-electron chi connectivity index (χ3n) is 5.39. The van der Waals surface area contributed by atoms with Crippen LogP contribution in [0.3, 0.4) is 0 Å². The van der Waals surface area contributed by atoms with Gasteiger partial charge in [0.15, 0.2) is 0 Å². The monoisotopic (exact) mass is 391 g/mol. The van der Waals surface area contributed by atoms with Gasteiger partial charge in [-0.1, -0.05) is 0 Å². The molecule has 0 unspecified atom stereocenters. The normalized spacial score (nSPS) is 24.1. The Morgan fingerprint density at radius 1 is 1.19 bits per heavy atom. The number of nitrogens with zero attached hydrogens (tertiary/aromatic N) is 3. The lowest BCUT2D eigenvalue weighted by Gasteiger charge is -2.30. The summed E-state index contributed by atoms with van der Waals surface area (Å²) in [6.07, 6.45) is 5.81. The minimum atomic E-state index is -2.98. The number of fused-ring (bicyclic) bond motifs is 1. The van der Waals surface area contributed by atoms with Gasteiger partial charge in [-0.3, -0.25) is 4.98 Å². The van der Waals surface area contributed by atoms with Crippen molar-refractivity contribution in [3.05, 3.63) is 24.4 Å². The molecule has 2 fully saturated rings. The van der Waals surface area contributed by atoms with Crippen LogP contribution in [0.5, 0.6) is 5.88 Å². The molecule has 1 saturated carbocycles. The summed E-state index contributed by atoms with van der Waals surface area (Å²) in [5.74, 6) is 1.44. The number of sulfone groups is 1. The first-order valence-electron chi connectivity index (χ1n) is 9.45. The Morgan fingerprint density at radius 3 is 2.63 bits per heavy atom. The topological polar surface area (TPSA) is 81.6 Å². The Morgan fingerprint density at radius 2 is 1.93 bits per heavy atom. The smallest absolute Gasteiger partial charge is 0.225 e. The zero-order chi connectivity index (χ0) is 18.9. The lowest BCUT2D eigenvalue weighted by Crippen LogP contribution is -2.37. The van der Waals surface area contributed by atoms with Crippen LogP contribution >= 0.6 is 0 Å². The molecule has 8 heteroatoms. The van der Waals surface area contributed by atoms with Crippen molar-refractivity contribution in [1.29, 1.82) is 0 Å². The molecule has 3 heterocycles. The maximum absolute atomic E-state index is 11.8. The molecule has 2 aromatic rings. The molecular weight excluding hydrogens is 366 g/mol. The van der Waals surface area contributed by atoms with Crippen LogP contribution in [0.15, 0.2) is 24.4 Å². The molecule has 0 radical (unpaired) electrons. The Hall–Kier alpha value is -1.93. The maximum Gasteiger partial charge on any atom is 0.225 e. The number of ether oxygens (including phenoxy) is 2. The van der Waals surface area contributed by atoms with E-state index < -0.39 is 9.84 Å². The number of rotatable bonds is 4. The number of pyridine rings is 2. The van der Waals surface area contributed by atoms with E-state index in [4.69, 9.17) is 14.5 Å². The van der Waals surface area contributed by atoms with E-state index in [0.29, 0.717) is 31.9 Å². The number of morpholine rings is 1. The van der Waals surface area contributed by atoms with E-state index in [1.807, 2.05) is 18.2 Å². The van der Waals surface area contributed by atoms with Crippen molar-refractivity contribution in [2.75, 3.05) is 37.5 Å². The third kappa shape index (κ3) is 4.16. The molecule has 7 nitrogen and oxygen atoms in total. The summed E-state index contributed by atoms with van der Waals surface area (Å²) < 4.78 is 35.2. The standard InChI is InChI=1S/C19H25N3O4S/c1-27(23,24)15-6-4-14(5-7-15)26-19-16-3-2-8-20-17(16)13-18(21-19)22-9-11-25-12-10-22/h2-3,8,13-15H,4-7,9-12H2,1H3/t14-,15+. The van der Waals surface area contributed by atoms with Crippen LogP contribution in [0.1, 0.15) is 25.7 Å². The lowest BCUT2D eigenvalue weighted by molar-refractivity contribution is 0.122. The van der Waals surface area contributed by atoms with Crippen LogP contribution in [-0.2, 0) is 14.6 Å². The largest absolute Gasteiger partial charge is 0.474 e. The van der Waals surface area contributed by atoms with Crippen molar-refractivity contribution < 1.29 is 17.9 Å². The second kappa shape index (κ2) is 7.59. The predicted octanol–water partition coefficient (Wildman–Crippen LogP) is 2.20. The molecule has 2 aliphatic rings. The first-order valence-corrected chi connectivity index (χ1v) is 11.4. The van der Waals surface area contributed by atoms with Crippen LogP contribution in [0.25, 0.3) is 10.9 Å². The average molecular weight is 391 g/mol. The highest BCUT2D eigenvalue weighted by molar-refractivity contribution is 7.91. The summed E-state index contributed by atoms with van der Waals surface area (Å²) in [5.41, 5.74) is 0.855. The summed E-state index contributed by atoms with van der Waals surface area (Å²) in [5, 5.41) is 0.642. The van der Waals surface area contributed by atoms with E-state index >= 15 is 0 Å². The number of hydrogen-bond acceptors (Lipinski definition) is 7. The first-order chi connectivity index (χ1) is 13.0. The molecule has 146 valence electrons. The zero-order valence-corrected chi connectivity index (χ0v) is 16.3. The SMILES string of the molecule is CS(=O)(=O)[C@H]1CC[C@@H](Oc2nc(N3CCOCC3)cc3ncccc23)CC1. The minimum absolute atomic E-state index is 0.0150. The van der Waals surface area contributed by atoms with Gasteiger partial charge in [-0.25, -0.2) is 8.42 Å². The molecule has 27 heavy (non-hydrogen) atoms. The van der Waals surface area contributed by atoms with Crippen molar-refractivity contribution in [3.8, 4) is 5.88 Å². The molecule has 1 saturated heterocycles. The van der Waals surface area contributed by atoms with Crippen LogP contribution in [0.2, 0.25) is 0 Å². The quantitative estimate of drug-likeness (QED) is 0.790. The number of hydrogen-bond donors (Lipinski definition) is 0. The molecule has 0 spiro atoms. The van der Waals surface area contributed by atoms with E-state index in [2.05, 4.69) is 9.88 Å². The van der Waals surface area contributed by atoms with Crippen LogP contribution in [-0.4, -0.2) is 62.3 Å². The van der Waals surface area contributed by atoms with Gasteiger partial charge < -0.3 is 14.4 Å². The van der Waals surface area contributed by atoms with Gasteiger partial charge in [-0.2, -0.15) is 4.98 Å². The molecule has 1 aliphatic carbocycles. The van der Waals surface area contributed by atoms with Crippen molar-refractivity contribution in [1.82, 2.24) is 9.97 Å². The van der Waals surface area contributed by atoms with Gasteiger partial charge in [0.05, 0.1) is 29.4 Å². The van der Waals surface area contributed by atoms with E-state index in [9.17, 15) is 8.42 Å². The van der Waals surface area contributed by atoms with Gasteiger partial charge in [-0.05, 0) is 37.8 Å². The zero-order valence-electron chi connectivity index (χ0n) is 15.5. The molecule has 0 atom stereocenters. The van der Waals surface area contributed by atoms with Crippen molar-refractivity contribution >= 4 is 26.6 Å². The number of anilines is 1. The second-order valence-corrected chi connectivity index (χ2v) is 9.63. The van der Waals surface area contributed by atoms with Crippen LogP contribution in [0, 0.1) is 0 Å². The van der Waals surface area contributed by atoms with Crippen molar-refractivity contribution in [2.45, 2.75) is 37.0 Å². The Bertz CT molecular complexity index is 904. The van der Waals surface area contributed by atoms with Gasteiger partial charge in [0.1, 0.15) is 21.8 Å². The lowest BCUT2D eigenvalue weighted by atomic mass is 9.97. The van der Waals surface area contributed by atoms with E-state index in [-0.39, 0.29) is 11.4 Å². The molecule has 4 rings (SSSR count). The molecule has 0 N–H and O–H groups in total. The molecule has 1 aliphatic heterocycles. The van der Waals surface area contributed by atoms with E-state index in [0.717, 1.165) is 42.7 Å². The fourth-order valence-electron chi connectivity index (χ4n) is 3.81. The number of aromatic nitrogens is 2. The molecule has 0 aromatic carbocycles. The van der Waals surface area contributed by atoms with Crippen LogP contribution in [0.4, 0.5) is 5.82 Å². The average Bonchev–Trinajstić information content (AvgIpc) is 2.68. The predicted molar refractivity (Wildman–Crippen MR) is 104 cm³/mol. The Balaban J connectivity index is 1.57. The molecule has 0 amide bonds. The highest BCUT2D eigenvalue weighted by atomic mass is 32.2. The van der Waals surface area contributed by atoms with E-state index in [1.165, 1.54) is 6.26 Å². The van der Waals surface area contributed by atoms with Gasteiger partial charge in [-0.15, -0.1) is 0 Å². The van der Waals surface area contributed by atoms with Crippen molar-refractivity contribution in [3.63, 3.8) is 0 Å². The minimum Gasteiger partial charge on any atom is -0.474 e. The summed E-state index contributed by atoms with van der Waals surface area (Å²) in [4.78, 5) is 11.4. The van der Waals surface area contributed by atoms with Gasteiger partial charge in [0.25, 0.3) is 0 Å². The third-order valence-corrected chi connectivity index (χ3v) is 7.07. The Labute approximate surface area is 159 Å². The van der Waals surface area contributed by atoms with Crippen molar-refractivity contribution in [2.24, 2.45) is 0 Å². The first kappa shape index (κ1) is 18.4. The van der Waals surface area contributed by atoms with E-state index in [1.54, 1.807) is 6.20 Å². The highest BCUT2D eigenvalue weighted by Crippen LogP contribution is 2.32. The molecule has 0 bridgehead atoms. The summed E-state index contributed by atoms with van der Waals surface area (Å²) in [6.45, 7) is 2.97. The summed E-state index contributed by atoms with van der Waals surface area (Å²) in [6, 6.07) is 5.84. The van der Waals surface area contributed by atoms with Gasteiger partial charge in [0.2, 0.25) is 5.88 Å². The summed E-state index contributed by atoms with van der Waals surface area (Å²) in [7, 11) is -2.98. The fraction of sp³-hybridized carbons (Fsp3) is 0.579. The Kier molecular flexibility index (Phi) is 5.19. The van der Waals surface area contributed by atoms with Gasteiger partial charge in [0, 0.05) is 31.6 Å².